The number of carbonyl (C=O) groups excluding carboxylic acids is 1. The van der Waals surface area contributed by atoms with E-state index < -0.39 is 0 Å². The Labute approximate surface area is 81.0 Å². The van der Waals surface area contributed by atoms with Gasteiger partial charge in [-0.25, -0.2) is 0 Å². The van der Waals surface area contributed by atoms with Gasteiger partial charge < -0.3 is 5.32 Å². The van der Waals surface area contributed by atoms with Crippen molar-refractivity contribution < 1.29 is 4.79 Å². The highest BCUT2D eigenvalue weighted by atomic mass is 16.2. The largest absolute Gasteiger partial charge is 0.340 e. The quantitative estimate of drug-likeness (QED) is 0.611. The van der Waals surface area contributed by atoms with Crippen LogP contribution in [0.3, 0.4) is 0 Å². The molecule has 1 fully saturated rings. The van der Waals surface area contributed by atoms with E-state index in [9.17, 15) is 4.79 Å². The third-order valence-corrected chi connectivity index (χ3v) is 2.07. The molecule has 1 aromatic rings. The standard InChI is InChI=1S/C8H11N5O/c1-9-8-11-6(7(14)12-8)5-3-10-13(2)4-5/h3-4,6H,1-2H3,(H2,9,11,12,14). The van der Waals surface area contributed by atoms with Gasteiger partial charge in [-0.15, -0.1) is 0 Å². The lowest BCUT2D eigenvalue weighted by Crippen LogP contribution is -2.24. The number of hydrogen-bond donors (Lipinski definition) is 2. The zero-order chi connectivity index (χ0) is 10.1. The lowest BCUT2D eigenvalue weighted by atomic mass is 10.2. The molecule has 2 heterocycles. The van der Waals surface area contributed by atoms with Gasteiger partial charge in [0.2, 0.25) is 0 Å². The molecule has 0 aromatic carbocycles. The Morgan fingerprint density at radius 2 is 2.43 bits per heavy atom. The number of aliphatic imine (C=N–C) groups is 1. The molecule has 1 saturated heterocycles. The molecule has 0 radical (unpaired) electrons. The maximum atomic E-state index is 11.5. The normalized spacial score (nSPS) is 23.7. The number of aromatic nitrogens is 2. The summed E-state index contributed by atoms with van der Waals surface area (Å²) >= 11 is 0. The average Bonchev–Trinajstić information content (AvgIpc) is 2.71. The van der Waals surface area contributed by atoms with Gasteiger partial charge in [-0.2, -0.15) is 5.10 Å². The monoisotopic (exact) mass is 193 g/mol. The van der Waals surface area contributed by atoms with Gasteiger partial charge in [0, 0.05) is 25.9 Å². The van der Waals surface area contributed by atoms with Gasteiger partial charge in [0.05, 0.1) is 6.20 Å². The molecule has 2 N–H and O–H groups in total. The van der Waals surface area contributed by atoms with Crippen molar-refractivity contribution in [3.63, 3.8) is 0 Å². The Morgan fingerprint density at radius 3 is 2.93 bits per heavy atom. The molecule has 1 aliphatic heterocycles. The number of rotatable bonds is 1. The van der Waals surface area contributed by atoms with Gasteiger partial charge in [0.25, 0.3) is 5.91 Å². The van der Waals surface area contributed by atoms with Gasteiger partial charge in [-0.3, -0.25) is 19.8 Å². The molecule has 14 heavy (non-hydrogen) atoms. The summed E-state index contributed by atoms with van der Waals surface area (Å²) in [5, 5.41) is 9.58. The van der Waals surface area contributed by atoms with Crippen LogP contribution in [0.1, 0.15) is 11.6 Å². The van der Waals surface area contributed by atoms with Crippen molar-refractivity contribution in [3.05, 3.63) is 18.0 Å². The third-order valence-electron chi connectivity index (χ3n) is 2.07. The summed E-state index contributed by atoms with van der Waals surface area (Å²) in [4.78, 5) is 15.3. The Bertz CT molecular complexity index is 394. The van der Waals surface area contributed by atoms with E-state index in [0.717, 1.165) is 5.56 Å². The van der Waals surface area contributed by atoms with E-state index >= 15 is 0 Å². The van der Waals surface area contributed by atoms with E-state index in [1.807, 2.05) is 7.05 Å². The molecular weight excluding hydrogens is 182 g/mol. The fourth-order valence-electron chi connectivity index (χ4n) is 1.37. The van der Waals surface area contributed by atoms with Gasteiger partial charge >= 0.3 is 0 Å². The van der Waals surface area contributed by atoms with Crippen LogP contribution >= 0.6 is 0 Å². The highest BCUT2D eigenvalue weighted by Crippen LogP contribution is 2.14. The lowest BCUT2D eigenvalue weighted by molar-refractivity contribution is -0.120. The molecule has 74 valence electrons. The second-order valence-corrected chi connectivity index (χ2v) is 3.09. The molecule has 0 saturated carbocycles. The van der Waals surface area contributed by atoms with E-state index in [2.05, 4.69) is 20.7 Å². The Morgan fingerprint density at radius 1 is 1.64 bits per heavy atom. The van der Waals surface area contributed by atoms with Crippen LogP contribution in [0.25, 0.3) is 0 Å². The number of nitrogens with one attached hydrogen (secondary N) is 2. The lowest BCUT2D eigenvalue weighted by Gasteiger charge is -2.02. The van der Waals surface area contributed by atoms with Gasteiger partial charge in [-0.05, 0) is 0 Å². The number of carbonyl (C=O) groups is 1. The molecule has 1 amide bonds. The van der Waals surface area contributed by atoms with E-state index in [1.165, 1.54) is 0 Å². The number of nitrogens with zero attached hydrogens (tertiary/aromatic N) is 3. The summed E-state index contributed by atoms with van der Waals surface area (Å²) in [5.74, 6) is 0.405. The third kappa shape index (κ3) is 1.34. The zero-order valence-corrected chi connectivity index (χ0v) is 7.98. The predicted molar refractivity (Wildman–Crippen MR) is 50.6 cm³/mol. The van der Waals surface area contributed by atoms with Crippen LogP contribution in [-0.4, -0.2) is 28.7 Å². The summed E-state index contributed by atoms with van der Waals surface area (Å²) < 4.78 is 1.66. The molecule has 1 unspecified atom stereocenters. The summed E-state index contributed by atoms with van der Waals surface area (Å²) in [7, 11) is 3.43. The van der Waals surface area contributed by atoms with Crippen LogP contribution in [0.15, 0.2) is 17.4 Å². The Kier molecular flexibility index (Phi) is 1.95. The van der Waals surface area contributed by atoms with Crippen LogP contribution in [0.4, 0.5) is 0 Å². The Balaban J connectivity index is 2.24. The highest BCUT2D eigenvalue weighted by molar-refractivity contribution is 6.06. The molecule has 0 bridgehead atoms. The summed E-state index contributed by atoms with van der Waals surface area (Å²) in [6.07, 6.45) is 3.46. The first-order chi connectivity index (χ1) is 6.70. The Hall–Kier alpha value is -1.85. The zero-order valence-electron chi connectivity index (χ0n) is 7.98. The molecule has 1 aromatic heterocycles. The number of guanidine groups is 1. The topological polar surface area (TPSA) is 71.3 Å². The second-order valence-electron chi connectivity index (χ2n) is 3.09. The van der Waals surface area contributed by atoms with E-state index in [-0.39, 0.29) is 11.9 Å². The number of aryl methyl sites for hydroxylation is 1. The van der Waals surface area contributed by atoms with Crippen LogP contribution in [0.5, 0.6) is 0 Å². The van der Waals surface area contributed by atoms with Crippen molar-refractivity contribution >= 4 is 11.9 Å². The number of amides is 1. The molecule has 2 rings (SSSR count). The average molecular weight is 193 g/mol. The smallest absolute Gasteiger partial charge is 0.254 e. The minimum atomic E-state index is -0.373. The second kappa shape index (κ2) is 3.13. The predicted octanol–water partition coefficient (Wildman–Crippen LogP) is -0.834. The minimum Gasteiger partial charge on any atom is -0.340 e. The van der Waals surface area contributed by atoms with E-state index in [1.54, 1.807) is 24.1 Å². The SMILES string of the molecule is CN=C1NC(=O)C(c2cnn(C)c2)N1. The molecule has 1 atom stereocenters. The first kappa shape index (κ1) is 8.74. The number of hydrogen-bond acceptors (Lipinski definition) is 3. The van der Waals surface area contributed by atoms with Crippen molar-refractivity contribution in [2.45, 2.75) is 6.04 Å². The van der Waals surface area contributed by atoms with Crippen LogP contribution in [0, 0.1) is 0 Å². The van der Waals surface area contributed by atoms with Crippen LogP contribution < -0.4 is 10.6 Å². The van der Waals surface area contributed by atoms with Crippen LogP contribution in [-0.2, 0) is 11.8 Å². The van der Waals surface area contributed by atoms with Crippen molar-refractivity contribution in [2.75, 3.05) is 7.05 Å². The molecular formula is C8H11N5O. The maximum absolute atomic E-state index is 11.5. The highest BCUT2D eigenvalue weighted by Gasteiger charge is 2.29. The maximum Gasteiger partial charge on any atom is 0.254 e. The molecule has 6 heteroatoms. The van der Waals surface area contributed by atoms with Gasteiger partial charge in [-0.1, -0.05) is 0 Å². The molecule has 6 nitrogen and oxygen atoms in total. The van der Waals surface area contributed by atoms with Crippen molar-refractivity contribution in [3.8, 4) is 0 Å². The molecule has 0 aliphatic carbocycles. The first-order valence-electron chi connectivity index (χ1n) is 4.23. The minimum absolute atomic E-state index is 0.0985. The fourth-order valence-corrected chi connectivity index (χ4v) is 1.37. The van der Waals surface area contributed by atoms with Crippen LogP contribution in [0.2, 0.25) is 0 Å². The van der Waals surface area contributed by atoms with Crippen molar-refractivity contribution in [2.24, 2.45) is 12.0 Å². The van der Waals surface area contributed by atoms with Gasteiger partial charge in [0.15, 0.2) is 5.96 Å². The fraction of sp³-hybridized carbons (Fsp3) is 0.375. The molecule has 0 spiro atoms. The summed E-state index contributed by atoms with van der Waals surface area (Å²) in [6.45, 7) is 0. The van der Waals surface area contributed by atoms with E-state index in [0.29, 0.717) is 5.96 Å². The van der Waals surface area contributed by atoms with E-state index in [4.69, 9.17) is 0 Å². The van der Waals surface area contributed by atoms with Crippen molar-refractivity contribution in [1.29, 1.82) is 0 Å². The van der Waals surface area contributed by atoms with Crippen molar-refractivity contribution in [1.82, 2.24) is 20.4 Å². The summed E-state index contributed by atoms with van der Waals surface area (Å²) in [5.41, 5.74) is 0.837. The summed E-state index contributed by atoms with van der Waals surface area (Å²) in [6, 6.07) is -0.373. The van der Waals surface area contributed by atoms with Gasteiger partial charge in [0.1, 0.15) is 6.04 Å². The molecule has 1 aliphatic rings. The first-order valence-corrected chi connectivity index (χ1v) is 4.23.